The zero-order chi connectivity index (χ0) is 19.0. The number of hydrogen-bond acceptors (Lipinski definition) is 5. The summed E-state index contributed by atoms with van der Waals surface area (Å²) >= 11 is 0. The Balaban J connectivity index is 1.53. The number of nitrogens with zero attached hydrogens (tertiary/aromatic N) is 3. The van der Waals surface area contributed by atoms with Gasteiger partial charge in [0.2, 0.25) is 0 Å². The number of anilines is 1. The first-order valence-corrected chi connectivity index (χ1v) is 9.02. The van der Waals surface area contributed by atoms with Gasteiger partial charge in [0, 0.05) is 30.6 Å². The highest BCUT2D eigenvalue weighted by molar-refractivity contribution is 5.95. The minimum atomic E-state index is -0.410. The second-order valence-corrected chi connectivity index (χ2v) is 6.92. The Bertz CT molecular complexity index is 986. The molecule has 0 aliphatic carbocycles. The highest BCUT2D eigenvalue weighted by Crippen LogP contribution is 2.35. The summed E-state index contributed by atoms with van der Waals surface area (Å²) in [7, 11) is 0. The van der Waals surface area contributed by atoms with Crippen molar-refractivity contribution in [3.05, 3.63) is 64.0 Å². The fourth-order valence-corrected chi connectivity index (χ4v) is 3.72. The van der Waals surface area contributed by atoms with Crippen LogP contribution in [-0.4, -0.2) is 33.8 Å². The average molecular weight is 364 g/mol. The summed E-state index contributed by atoms with van der Waals surface area (Å²) in [5, 5.41) is 11.5. The molecule has 0 spiro atoms. The molecular weight excluding hydrogens is 344 g/mol. The van der Waals surface area contributed by atoms with E-state index < -0.39 is 4.92 Å². The van der Waals surface area contributed by atoms with Crippen LogP contribution < -0.4 is 4.90 Å². The highest BCUT2D eigenvalue weighted by atomic mass is 16.6. The number of ketones is 1. The number of nitrogens with one attached hydrogen (secondary N) is 1. The first-order chi connectivity index (χ1) is 13.0. The molecule has 27 heavy (non-hydrogen) atoms. The number of benzene rings is 2. The molecule has 2 heterocycles. The molecule has 1 N–H and O–H groups in total. The summed E-state index contributed by atoms with van der Waals surface area (Å²) in [4.78, 5) is 32.7. The molecular formula is C20H20N4O3. The van der Waals surface area contributed by atoms with E-state index in [0.717, 1.165) is 29.7 Å². The number of rotatable bonds is 4. The number of nitro benzene ring substituents is 1. The van der Waals surface area contributed by atoms with E-state index in [1.807, 2.05) is 29.2 Å². The maximum atomic E-state index is 11.5. The fraction of sp³-hybridized carbons (Fsp3) is 0.300. The van der Waals surface area contributed by atoms with Crippen molar-refractivity contribution < 1.29 is 9.72 Å². The molecule has 2 aromatic carbocycles. The Hall–Kier alpha value is -3.22. The minimum absolute atomic E-state index is 0.00936. The van der Waals surface area contributed by atoms with Crippen molar-refractivity contribution in [2.24, 2.45) is 0 Å². The van der Waals surface area contributed by atoms with Crippen LogP contribution in [0.3, 0.4) is 0 Å². The molecule has 0 radical (unpaired) electrons. The van der Waals surface area contributed by atoms with Gasteiger partial charge < -0.3 is 9.88 Å². The Morgan fingerprint density at radius 3 is 2.63 bits per heavy atom. The lowest BCUT2D eigenvalue weighted by molar-refractivity contribution is -0.384. The number of H-pyrrole nitrogens is 1. The molecule has 138 valence electrons. The number of nitro groups is 1. The Labute approximate surface area is 156 Å². The molecule has 1 aliphatic heterocycles. The summed E-state index contributed by atoms with van der Waals surface area (Å²) in [5.41, 5.74) is 2.93. The van der Waals surface area contributed by atoms with Gasteiger partial charge in [0.25, 0.3) is 5.69 Å². The largest absolute Gasteiger partial charge is 0.366 e. The molecule has 1 aliphatic rings. The van der Waals surface area contributed by atoms with Gasteiger partial charge in [0.1, 0.15) is 11.5 Å². The van der Waals surface area contributed by atoms with Gasteiger partial charge in [-0.25, -0.2) is 4.98 Å². The summed E-state index contributed by atoms with van der Waals surface area (Å²) in [6.07, 6.45) is 1.73. The fourth-order valence-electron chi connectivity index (χ4n) is 3.72. The molecule has 1 fully saturated rings. The van der Waals surface area contributed by atoms with Crippen molar-refractivity contribution in [1.82, 2.24) is 9.97 Å². The maximum absolute atomic E-state index is 11.5. The van der Waals surface area contributed by atoms with Crippen LogP contribution in [0.5, 0.6) is 0 Å². The van der Waals surface area contributed by atoms with E-state index in [1.54, 1.807) is 12.1 Å². The van der Waals surface area contributed by atoms with Gasteiger partial charge >= 0.3 is 0 Å². The van der Waals surface area contributed by atoms with Crippen LogP contribution in [0.1, 0.15) is 41.9 Å². The van der Waals surface area contributed by atoms with Crippen molar-refractivity contribution in [3.8, 4) is 0 Å². The zero-order valence-electron chi connectivity index (χ0n) is 15.0. The van der Waals surface area contributed by atoms with Crippen LogP contribution in [0, 0.1) is 10.1 Å². The zero-order valence-corrected chi connectivity index (χ0v) is 15.0. The van der Waals surface area contributed by atoms with Crippen molar-refractivity contribution >= 4 is 28.2 Å². The van der Waals surface area contributed by atoms with Crippen molar-refractivity contribution in [1.29, 1.82) is 0 Å². The lowest BCUT2D eigenvalue weighted by Crippen LogP contribution is -2.33. The number of aromatic amines is 1. The number of carbonyl (C=O) groups is 1. The molecule has 7 heteroatoms. The van der Waals surface area contributed by atoms with Crippen LogP contribution in [0.15, 0.2) is 42.5 Å². The third-order valence-electron chi connectivity index (χ3n) is 5.21. The molecule has 3 aromatic rings. The maximum Gasteiger partial charge on any atom is 0.293 e. The highest BCUT2D eigenvalue weighted by Gasteiger charge is 2.27. The molecule has 1 aromatic heterocycles. The van der Waals surface area contributed by atoms with Crippen molar-refractivity contribution in [2.45, 2.75) is 25.7 Å². The summed E-state index contributed by atoms with van der Waals surface area (Å²) < 4.78 is 0. The first kappa shape index (κ1) is 17.2. The molecule has 0 atom stereocenters. The van der Waals surface area contributed by atoms with E-state index in [1.165, 1.54) is 13.0 Å². The third kappa shape index (κ3) is 3.28. The number of Topliss-reactive ketones (excluding diaryl/α,β-unsaturated/α-hetero) is 1. The molecule has 4 rings (SSSR count). The van der Waals surface area contributed by atoms with Crippen LogP contribution in [-0.2, 0) is 0 Å². The third-order valence-corrected chi connectivity index (χ3v) is 5.21. The standard InChI is InChI=1S/C20H20N4O3/c1-13(25)15-6-7-18(19(12-15)24(26)27)23-10-8-14(9-11-23)20-21-16-4-2-3-5-17(16)22-20/h2-7,12,14H,8-11H2,1H3,(H,21,22). The topological polar surface area (TPSA) is 92.1 Å². The normalized spacial score (nSPS) is 15.2. The second-order valence-electron chi connectivity index (χ2n) is 6.92. The summed E-state index contributed by atoms with van der Waals surface area (Å²) in [6.45, 7) is 2.83. The van der Waals surface area contributed by atoms with E-state index in [2.05, 4.69) is 4.98 Å². The van der Waals surface area contributed by atoms with E-state index >= 15 is 0 Å². The Kier molecular flexibility index (Phi) is 4.35. The van der Waals surface area contributed by atoms with Gasteiger partial charge in [-0.3, -0.25) is 14.9 Å². The van der Waals surface area contributed by atoms with Crippen LogP contribution in [0.4, 0.5) is 11.4 Å². The van der Waals surface area contributed by atoms with E-state index in [0.29, 0.717) is 30.3 Å². The van der Waals surface area contributed by atoms with Gasteiger partial charge in [0.15, 0.2) is 5.78 Å². The van der Waals surface area contributed by atoms with Crippen LogP contribution in [0.25, 0.3) is 11.0 Å². The Morgan fingerprint density at radius 2 is 1.96 bits per heavy atom. The SMILES string of the molecule is CC(=O)c1ccc(N2CCC(c3nc4ccccc4[nH]3)CC2)c([N+](=O)[O-])c1. The lowest BCUT2D eigenvalue weighted by Gasteiger charge is -2.32. The Morgan fingerprint density at radius 1 is 1.22 bits per heavy atom. The lowest BCUT2D eigenvalue weighted by atomic mass is 9.95. The van der Waals surface area contributed by atoms with Gasteiger partial charge in [0.05, 0.1) is 16.0 Å². The summed E-state index contributed by atoms with van der Waals surface area (Å²) in [6, 6.07) is 12.7. The number of imidazole rings is 1. The van der Waals surface area contributed by atoms with E-state index in [9.17, 15) is 14.9 Å². The monoisotopic (exact) mass is 364 g/mol. The van der Waals surface area contributed by atoms with E-state index in [-0.39, 0.29) is 11.5 Å². The number of hydrogen-bond donors (Lipinski definition) is 1. The first-order valence-electron chi connectivity index (χ1n) is 9.02. The van der Waals surface area contributed by atoms with Crippen LogP contribution in [0.2, 0.25) is 0 Å². The molecule has 0 unspecified atom stereocenters. The molecule has 0 amide bonds. The van der Waals surface area contributed by atoms with Gasteiger partial charge in [-0.15, -0.1) is 0 Å². The quantitative estimate of drug-likeness (QED) is 0.428. The molecule has 1 saturated heterocycles. The smallest absolute Gasteiger partial charge is 0.293 e. The number of aromatic nitrogens is 2. The van der Waals surface area contributed by atoms with Gasteiger partial charge in [-0.1, -0.05) is 12.1 Å². The molecule has 0 bridgehead atoms. The number of piperidine rings is 1. The molecule has 7 nitrogen and oxygen atoms in total. The predicted octanol–water partition coefficient (Wildman–Crippen LogP) is 4.06. The van der Waals surface area contributed by atoms with E-state index in [4.69, 9.17) is 4.98 Å². The second kappa shape index (κ2) is 6.83. The van der Waals surface area contributed by atoms with Crippen LogP contribution >= 0.6 is 0 Å². The average Bonchev–Trinajstić information content (AvgIpc) is 3.12. The van der Waals surface area contributed by atoms with Crippen molar-refractivity contribution in [2.75, 3.05) is 18.0 Å². The number of para-hydroxylation sites is 2. The van der Waals surface area contributed by atoms with Gasteiger partial charge in [-0.2, -0.15) is 0 Å². The summed E-state index contributed by atoms with van der Waals surface area (Å²) in [5.74, 6) is 1.12. The van der Waals surface area contributed by atoms with Crippen molar-refractivity contribution in [3.63, 3.8) is 0 Å². The van der Waals surface area contributed by atoms with Gasteiger partial charge in [-0.05, 0) is 44.0 Å². The minimum Gasteiger partial charge on any atom is -0.366 e. The number of carbonyl (C=O) groups excluding carboxylic acids is 1. The predicted molar refractivity (Wildman–Crippen MR) is 103 cm³/mol. The number of fused-ring (bicyclic) bond motifs is 1. The molecule has 0 saturated carbocycles.